The number of hydrogen-bond donors (Lipinski definition) is 3. The van der Waals surface area contributed by atoms with Gasteiger partial charge in [-0.1, -0.05) is 6.92 Å². The van der Waals surface area contributed by atoms with Gasteiger partial charge in [-0.2, -0.15) is 0 Å². The molecule has 21 heavy (non-hydrogen) atoms. The molecule has 0 radical (unpaired) electrons. The molecule has 0 saturated heterocycles. The number of hydrogen-bond acceptors (Lipinski definition) is 3. The zero-order valence-corrected chi connectivity index (χ0v) is 12.2. The summed E-state index contributed by atoms with van der Waals surface area (Å²) in [5.74, 6) is -2.81. The van der Waals surface area contributed by atoms with Crippen LogP contribution in [0.3, 0.4) is 0 Å². The monoisotopic (exact) mass is 299 g/mol. The summed E-state index contributed by atoms with van der Waals surface area (Å²) in [5.41, 5.74) is -0.435. The highest BCUT2D eigenvalue weighted by Crippen LogP contribution is 2.20. The second-order valence-electron chi connectivity index (χ2n) is 4.55. The van der Waals surface area contributed by atoms with Crippen LogP contribution >= 0.6 is 0 Å². The molecule has 3 N–H and O–H groups in total. The Bertz CT molecular complexity index is 512. The van der Waals surface area contributed by atoms with E-state index < -0.39 is 29.5 Å². The number of likely N-dealkylation sites (N-methyl/N-ethyl adjacent to an activating group) is 1. The molecule has 7 heteroatoms. The number of halogens is 2. The van der Waals surface area contributed by atoms with Gasteiger partial charge >= 0.3 is 0 Å². The van der Waals surface area contributed by atoms with E-state index in [1.807, 2.05) is 6.92 Å². The van der Waals surface area contributed by atoms with Crippen molar-refractivity contribution in [2.45, 2.75) is 26.3 Å². The molecule has 1 rings (SSSR count). The van der Waals surface area contributed by atoms with E-state index in [0.717, 1.165) is 12.1 Å². The predicted molar refractivity (Wildman–Crippen MR) is 76.1 cm³/mol. The van der Waals surface area contributed by atoms with Crippen molar-refractivity contribution in [3.8, 4) is 0 Å². The Hall–Kier alpha value is -2.18. The SMILES string of the molecule is CCCNc1c(F)cc(C(=O)NC(C)C(=O)NC)cc1F. The van der Waals surface area contributed by atoms with Crippen molar-refractivity contribution in [3.05, 3.63) is 29.3 Å². The van der Waals surface area contributed by atoms with Gasteiger partial charge in [0.2, 0.25) is 5.91 Å². The second kappa shape index (κ2) is 7.56. The van der Waals surface area contributed by atoms with E-state index >= 15 is 0 Å². The summed E-state index contributed by atoms with van der Waals surface area (Å²) in [6.45, 7) is 3.76. The molecule has 0 bridgehead atoms. The summed E-state index contributed by atoms with van der Waals surface area (Å²) in [4.78, 5) is 23.2. The zero-order valence-electron chi connectivity index (χ0n) is 12.2. The minimum atomic E-state index is -0.846. The number of rotatable bonds is 6. The van der Waals surface area contributed by atoms with Crippen LogP contribution in [-0.2, 0) is 4.79 Å². The molecule has 0 fully saturated rings. The van der Waals surface area contributed by atoms with Gasteiger partial charge in [-0.05, 0) is 25.5 Å². The Labute approximate surface area is 122 Å². The lowest BCUT2D eigenvalue weighted by molar-refractivity contribution is -0.122. The number of benzene rings is 1. The van der Waals surface area contributed by atoms with Crippen LogP contribution in [0.25, 0.3) is 0 Å². The summed E-state index contributed by atoms with van der Waals surface area (Å²) < 4.78 is 27.6. The Morgan fingerprint density at radius 3 is 2.29 bits per heavy atom. The first kappa shape index (κ1) is 16.9. The Morgan fingerprint density at radius 2 is 1.81 bits per heavy atom. The summed E-state index contributed by atoms with van der Waals surface area (Å²) >= 11 is 0. The van der Waals surface area contributed by atoms with E-state index in [9.17, 15) is 18.4 Å². The van der Waals surface area contributed by atoms with E-state index in [4.69, 9.17) is 0 Å². The van der Waals surface area contributed by atoms with Gasteiger partial charge in [-0.15, -0.1) is 0 Å². The Kier molecular flexibility index (Phi) is 6.08. The number of anilines is 1. The molecule has 0 aliphatic heterocycles. The van der Waals surface area contributed by atoms with Gasteiger partial charge in [0.15, 0.2) is 0 Å². The molecule has 0 aliphatic rings. The van der Waals surface area contributed by atoms with E-state index in [2.05, 4.69) is 16.0 Å². The van der Waals surface area contributed by atoms with Gasteiger partial charge in [-0.3, -0.25) is 9.59 Å². The highest BCUT2D eigenvalue weighted by Gasteiger charge is 2.18. The minimum Gasteiger partial charge on any atom is -0.380 e. The van der Waals surface area contributed by atoms with Gasteiger partial charge in [0.25, 0.3) is 5.91 Å². The molecule has 1 atom stereocenters. The average Bonchev–Trinajstić information content (AvgIpc) is 2.45. The molecule has 5 nitrogen and oxygen atoms in total. The maximum Gasteiger partial charge on any atom is 0.252 e. The van der Waals surface area contributed by atoms with Gasteiger partial charge in [0.05, 0.1) is 0 Å². The summed E-state index contributed by atoms with van der Waals surface area (Å²) in [7, 11) is 1.43. The van der Waals surface area contributed by atoms with Crippen LogP contribution in [-0.4, -0.2) is 31.4 Å². The van der Waals surface area contributed by atoms with Crippen LogP contribution < -0.4 is 16.0 Å². The molecule has 0 saturated carbocycles. The Morgan fingerprint density at radius 1 is 1.24 bits per heavy atom. The lowest BCUT2D eigenvalue weighted by Gasteiger charge is -2.13. The minimum absolute atomic E-state index is 0.178. The highest BCUT2D eigenvalue weighted by atomic mass is 19.1. The molecule has 0 heterocycles. The molecule has 1 unspecified atom stereocenters. The third-order valence-corrected chi connectivity index (χ3v) is 2.84. The summed E-state index contributed by atoms with van der Waals surface area (Å²) in [5, 5.41) is 7.34. The number of nitrogens with one attached hydrogen (secondary N) is 3. The van der Waals surface area contributed by atoms with Crippen LogP contribution in [0, 0.1) is 11.6 Å². The lowest BCUT2D eigenvalue weighted by Crippen LogP contribution is -2.43. The summed E-state index contributed by atoms with van der Waals surface area (Å²) in [6, 6.07) is 1.08. The molecular weight excluding hydrogens is 280 g/mol. The highest BCUT2D eigenvalue weighted by molar-refractivity contribution is 5.97. The molecular formula is C14H19F2N3O2. The third kappa shape index (κ3) is 4.40. The molecule has 2 amide bonds. The van der Waals surface area contributed by atoms with Gasteiger partial charge in [-0.25, -0.2) is 8.78 Å². The van der Waals surface area contributed by atoms with Crippen molar-refractivity contribution >= 4 is 17.5 Å². The van der Waals surface area contributed by atoms with Crippen LogP contribution in [0.4, 0.5) is 14.5 Å². The standard InChI is InChI=1S/C14H19F2N3O2/c1-4-5-18-12-10(15)6-9(7-11(12)16)14(21)19-8(2)13(20)17-3/h6-8,18H,4-5H2,1-3H3,(H,17,20)(H,19,21). The van der Waals surface area contributed by atoms with Crippen molar-refractivity contribution in [2.75, 3.05) is 18.9 Å². The van der Waals surface area contributed by atoms with E-state index in [1.54, 1.807) is 0 Å². The van der Waals surface area contributed by atoms with Gasteiger partial charge in [0, 0.05) is 19.2 Å². The number of amides is 2. The quantitative estimate of drug-likeness (QED) is 0.748. The molecule has 116 valence electrons. The van der Waals surface area contributed by atoms with Gasteiger partial charge in [0.1, 0.15) is 23.4 Å². The maximum atomic E-state index is 13.8. The Balaban J connectivity index is 2.89. The van der Waals surface area contributed by atoms with Crippen molar-refractivity contribution in [3.63, 3.8) is 0 Å². The first-order valence-corrected chi connectivity index (χ1v) is 6.66. The largest absolute Gasteiger partial charge is 0.380 e. The first-order valence-electron chi connectivity index (χ1n) is 6.66. The smallest absolute Gasteiger partial charge is 0.252 e. The lowest BCUT2D eigenvalue weighted by atomic mass is 10.1. The molecule has 0 aliphatic carbocycles. The third-order valence-electron chi connectivity index (χ3n) is 2.84. The second-order valence-corrected chi connectivity index (χ2v) is 4.55. The normalized spacial score (nSPS) is 11.7. The number of carbonyl (C=O) groups excluding carboxylic acids is 2. The molecule has 0 spiro atoms. The van der Waals surface area contributed by atoms with Crippen LogP contribution in [0.15, 0.2) is 12.1 Å². The van der Waals surface area contributed by atoms with Crippen LogP contribution in [0.2, 0.25) is 0 Å². The fourth-order valence-corrected chi connectivity index (χ4v) is 1.69. The van der Waals surface area contributed by atoms with E-state index in [-0.39, 0.29) is 11.3 Å². The average molecular weight is 299 g/mol. The topological polar surface area (TPSA) is 70.2 Å². The van der Waals surface area contributed by atoms with Crippen LogP contribution in [0.5, 0.6) is 0 Å². The van der Waals surface area contributed by atoms with E-state index in [0.29, 0.717) is 13.0 Å². The van der Waals surface area contributed by atoms with Crippen molar-refractivity contribution in [1.29, 1.82) is 0 Å². The zero-order chi connectivity index (χ0) is 16.0. The van der Waals surface area contributed by atoms with E-state index in [1.165, 1.54) is 14.0 Å². The van der Waals surface area contributed by atoms with Crippen molar-refractivity contribution in [1.82, 2.24) is 10.6 Å². The fraction of sp³-hybridized carbons (Fsp3) is 0.429. The first-order chi connectivity index (χ1) is 9.90. The molecule has 1 aromatic carbocycles. The molecule has 1 aromatic rings. The predicted octanol–water partition coefficient (Wildman–Crippen LogP) is 1.65. The van der Waals surface area contributed by atoms with Crippen molar-refractivity contribution in [2.24, 2.45) is 0 Å². The fourth-order valence-electron chi connectivity index (χ4n) is 1.69. The summed E-state index contributed by atoms with van der Waals surface area (Å²) in [6.07, 6.45) is 0.713. The van der Waals surface area contributed by atoms with Crippen LogP contribution in [0.1, 0.15) is 30.6 Å². The molecule has 0 aromatic heterocycles. The number of carbonyl (C=O) groups is 2. The van der Waals surface area contributed by atoms with Gasteiger partial charge < -0.3 is 16.0 Å². The van der Waals surface area contributed by atoms with Crippen molar-refractivity contribution < 1.29 is 18.4 Å². The maximum absolute atomic E-state index is 13.8.